The summed E-state index contributed by atoms with van der Waals surface area (Å²) in [4.78, 5) is 17.1. The van der Waals surface area contributed by atoms with Gasteiger partial charge in [-0.2, -0.15) is 0 Å². The minimum Gasteiger partial charge on any atom is -0.454 e. The zero-order valence-electron chi connectivity index (χ0n) is 15.6. The van der Waals surface area contributed by atoms with Gasteiger partial charge in [0.15, 0.2) is 11.5 Å². The molecule has 0 unspecified atom stereocenters. The summed E-state index contributed by atoms with van der Waals surface area (Å²) in [5.74, 6) is 3.03. The summed E-state index contributed by atoms with van der Waals surface area (Å²) < 4.78 is 10.7. The number of amides is 2. The van der Waals surface area contributed by atoms with E-state index in [1.54, 1.807) is 0 Å². The fourth-order valence-electron chi connectivity index (χ4n) is 4.11. The molecule has 0 bridgehead atoms. The van der Waals surface area contributed by atoms with E-state index in [1.807, 2.05) is 23.1 Å². The predicted octanol–water partition coefficient (Wildman–Crippen LogP) is 3.39. The fraction of sp³-hybridized carbons (Fsp3) is 0.650. The first-order valence-corrected chi connectivity index (χ1v) is 9.85. The predicted molar refractivity (Wildman–Crippen MR) is 101 cm³/mol. The van der Waals surface area contributed by atoms with Crippen LogP contribution in [0, 0.1) is 11.8 Å². The topological polar surface area (TPSA) is 54.0 Å². The molecule has 4 rings (SSSR count). The summed E-state index contributed by atoms with van der Waals surface area (Å²) in [7, 11) is 0. The molecule has 6 heteroatoms. The molecule has 2 amide bonds. The highest BCUT2D eigenvalue weighted by molar-refractivity contribution is 5.89. The van der Waals surface area contributed by atoms with Crippen LogP contribution in [0.1, 0.15) is 32.6 Å². The lowest BCUT2D eigenvalue weighted by atomic mass is 9.93. The highest BCUT2D eigenvalue weighted by Gasteiger charge is 2.26. The number of nitrogens with one attached hydrogen (secondary N) is 1. The van der Waals surface area contributed by atoms with Gasteiger partial charge in [-0.05, 0) is 62.7 Å². The largest absolute Gasteiger partial charge is 0.454 e. The molecular formula is C20H29N3O3. The summed E-state index contributed by atoms with van der Waals surface area (Å²) in [6.45, 7) is 7.96. The molecule has 0 spiro atoms. The number of piperidine rings is 2. The quantitative estimate of drug-likeness (QED) is 0.899. The van der Waals surface area contributed by atoms with E-state index in [9.17, 15) is 4.79 Å². The van der Waals surface area contributed by atoms with Gasteiger partial charge in [-0.15, -0.1) is 0 Å². The van der Waals surface area contributed by atoms with Crippen molar-refractivity contribution in [1.29, 1.82) is 0 Å². The number of rotatable bonds is 3. The monoisotopic (exact) mass is 359 g/mol. The van der Waals surface area contributed by atoms with Gasteiger partial charge in [-0.3, -0.25) is 0 Å². The van der Waals surface area contributed by atoms with Crippen molar-refractivity contribution in [1.82, 2.24) is 9.80 Å². The lowest BCUT2D eigenvalue weighted by molar-refractivity contribution is 0.130. The first-order chi connectivity index (χ1) is 12.7. The Balaban J connectivity index is 1.23. The van der Waals surface area contributed by atoms with Gasteiger partial charge >= 0.3 is 6.03 Å². The Kier molecular flexibility index (Phi) is 5.20. The van der Waals surface area contributed by atoms with Crippen LogP contribution in [-0.2, 0) is 0 Å². The van der Waals surface area contributed by atoms with Crippen LogP contribution >= 0.6 is 0 Å². The highest BCUT2D eigenvalue weighted by atomic mass is 16.7. The van der Waals surface area contributed by atoms with E-state index in [4.69, 9.17) is 9.47 Å². The number of fused-ring (bicyclic) bond motifs is 1. The molecule has 0 atom stereocenters. The lowest BCUT2D eigenvalue weighted by Gasteiger charge is -2.37. The number of urea groups is 1. The Morgan fingerprint density at radius 1 is 1.08 bits per heavy atom. The van der Waals surface area contributed by atoms with Gasteiger partial charge in [-0.1, -0.05) is 6.92 Å². The molecule has 1 N–H and O–H groups in total. The summed E-state index contributed by atoms with van der Waals surface area (Å²) in [6, 6.07) is 5.50. The number of likely N-dealkylation sites (tertiary alicyclic amines) is 2. The molecular weight excluding hydrogens is 330 g/mol. The average Bonchev–Trinajstić information content (AvgIpc) is 3.12. The SMILES string of the molecule is CC1CCN(CC2CCN(C(=O)Nc3ccc4c(c3)OCO4)CC2)CC1. The van der Waals surface area contributed by atoms with Crippen molar-refractivity contribution in [3.63, 3.8) is 0 Å². The van der Waals surface area contributed by atoms with Gasteiger partial charge in [0, 0.05) is 31.4 Å². The van der Waals surface area contributed by atoms with Gasteiger partial charge in [0.05, 0.1) is 0 Å². The Bertz CT molecular complexity index is 635. The van der Waals surface area contributed by atoms with Crippen molar-refractivity contribution in [2.24, 2.45) is 11.8 Å². The molecule has 0 aliphatic carbocycles. The zero-order valence-corrected chi connectivity index (χ0v) is 15.6. The highest BCUT2D eigenvalue weighted by Crippen LogP contribution is 2.34. The van der Waals surface area contributed by atoms with Crippen LogP contribution in [0.4, 0.5) is 10.5 Å². The first-order valence-electron chi connectivity index (χ1n) is 9.85. The average molecular weight is 359 g/mol. The van der Waals surface area contributed by atoms with E-state index in [-0.39, 0.29) is 12.8 Å². The molecule has 1 aromatic rings. The molecule has 3 aliphatic rings. The number of nitrogens with zero attached hydrogens (tertiary/aromatic N) is 2. The molecule has 3 aliphatic heterocycles. The van der Waals surface area contributed by atoms with Crippen LogP contribution in [0.15, 0.2) is 18.2 Å². The maximum Gasteiger partial charge on any atom is 0.321 e. The summed E-state index contributed by atoms with van der Waals surface area (Å²) in [5.41, 5.74) is 0.754. The Morgan fingerprint density at radius 3 is 2.58 bits per heavy atom. The molecule has 2 fully saturated rings. The van der Waals surface area contributed by atoms with Crippen LogP contribution in [0.5, 0.6) is 11.5 Å². The van der Waals surface area contributed by atoms with E-state index < -0.39 is 0 Å². The van der Waals surface area contributed by atoms with Gasteiger partial charge in [0.25, 0.3) is 0 Å². The molecule has 26 heavy (non-hydrogen) atoms. The number of carbonyl (C=O) groups excluding carboxylic acids is 1. The van der Waals surface area contributed by atoms with Crippen LogP contribution in [-0.4, -0.2) is 55.3 Å². The third-order valence-electron chi connectivity index (χ3n) is 5.92. The van der Waals surface area contributed by atoms with Crippen molar-refractivity contribution in [3.05, 3.63) is 18.2 Å². The number of ether oxygens (including phenoxy) is 2. The van der Waals surface area contributed by atoms with Crippen LogP contribution < -0.4 is 14.8 Å². The maximum atomic E-state index is 12.5. The van der Waals surface area contributed by atoms with Gasteiger partial charge in [0.2, 0.25) is 6.79 Å². The van der Waals surface area contributed by atoms with Crippen molar-refractivity contribution in [2.45, 2.75) is 32.6 Å². The third kappa shape index (κ3) is 4.06. The van der Waals surface area contributed by atoms with E-state index >= 15 is 0 Å². The van der Waals surface area contributed by atoms with E-state index in [0.29, 0.717) is 5.75 Å². The minimum atomic E-state index is -0.0193. The summed E-state index contributed by atoms with van der Waals surface area (Å²) >= 11 is 0. The standard InChI is InChI=1S/C20H29N3O3/c1-15-4-8-22(9-5-15)13-16-6-10-23(11-7-16)20(24)21-17-2-3-18-19(12-17)26-14-25-18/h2-3,12,15-16H,4-11,13-14H2,1H3,(H,21,24). The third-order valence-corrected chi connectivity index (χ3v) is 5.92. The molecule has 142 valence electrons. The molecule has 6 nitrogen and oxygen atoms in total. The molecule has 2 saturated heterocycles. The minimum absolute atomic E-state index is 0.0193. The number of anilines is 1. The molecule has 3 heterocycles. The lowest BCUT2D eigenvalue weighted by Crippen LogP contribution is -2.44. The van der Waals surface area contributed by atoms with Gasteiger partial charge < -0.3 is 24.6 Å². The van der Waals surface area contributed by atoms with Crippen molar-refractivity contribution in [3.8, 4) is 11.5 Å². The summed E-state index contributed by atoms with van der Waals surface area (Å²) in [6.07, 6.45) is 4.86. The van der Waals surface area contributed by atoms with Crippen LogP contribution in [0.2, 0.25) is 0 Å². The molecule has 0 radical (unpaired) electrons. The van der Waals surface area contributed by atoms with E-state index in [2.05, 4.69) is 17.1 Å². The molecule has 0 saturated carbocycles. The van der Waals surface area contributed by atoms with Crippen LogP contribution in [0.3, 0.4) is 0 Å². The van der Waals surface area contributed by atoms with Crippen molar-refractivity contribution >= 4 is 11.7 Å². The summed E-state index contributed by atoms with van der Waals surface area (Å²) in [5, 5.41) is 2.98. The second-order valence-electron chi connectivity index (χ2n) is 7.91. The fourth-order valence-corrected chi connectivity index (χ4v) is 4.11. The molecule has 1 aromatic carbocycles. The Hall–Kier alpha value is -1.95. The van der Waals surface area contributed by atoms with Gasteiger partial charge in [-0.25, -0.2) is 4.79 Å². The van der Waals surface area contributed by atoms with Crippen LogP contribution in [0.25, 0.3) is 0 Å². The normalized spacial score (nSPS) is 21.8. The first kappa shape index (κ1) is 17.5. The number of carbonyl (C=O) groups is 1. The van der Waals surface area contributed by atoms with Crippen molar-refractivity contribution in [2.75, 3.05) is 44.8 Å². The maximum absolute atomic E-state index is 12.5. The zero-order chi connectivity index (χ0) is 17.9. The second-order valence-corrected chi connectivity index (χ2v) is 7.91. The Morgan fingerprint density at radius 2 is 1.81 bits per heavy atom. The Labute approximate surface area is 155 Å². The van der Waals surface area contributed by atoms with Crippen molar-refractivity contribution < 1.29 is 14.3 Å². The number of hydrogen-bond acceptors (Lipinski definition) is 4. The second kappa shape index (κ2) is 7.74. The molecule has 0 aromatic heterocycles. The number of benzene rings is 1. The van der Waals surface area contributed by atoms with Gasteiger partial charge in [0.1, 0.15) is 0 Å². The smallest absolute Gasteiger partial charge is 0.321 e. The van der Waals surface area contributed by atoms with E-state index in [1.165, 1.54) is 32.5 Å². The number of hydrogen-bond donors (Lipinski definition) is 1. The van der Waals surface area contributed by atoms with E-state index in [0.717, 1.165) is 49.2 Å².